The molecule has 2 aliphatic heterocycles. The molecule has 3 rings (SSSR count). The highest BCUT2D eigenvalue weighted by Gasteiger charge is 2.42. The van der Waals surface area contributed by atoms with E-state index in [1.807, 2.05) is 0 Å². The third kappa shape index (κ3) is 2.60. The molecule has 0 aromatic rings. The van der Waals surface area contributed by atoms with Crippen LogP contribution < -0.4 is 5.32 Å². The van der Waals surface area contributed by atoms with Gasteiger partial charge in [-0.1, -0.05) is 0 Å². The van der Waals surface area contributed by atoms with E-state index in [0.717, 1.165) is 25.6 Å². The molecule has 5 heteroatoms. The summed E-state index contributed by atoms with van der Waals surface area (Å²) in [6, 6.07) is 3.21. The maximum absolute atomic E-state index is 12.4. The first-order valence-electron chi connectivity index (χ1n) is 7.27. The van der Waals surface area contributed by atoms with Crippen LogP contribution in [0.2, 0.25) is 0 Å². The number of hydrogen-bond donors (Lipinski definition) is 1. The van der Waals surface area contributed by atoms with Gasteiger partial charge in [-0.3, -0.25) is 9.69 Å². The van der Waals surface area contributed by atoms with Gasteiger partial charge in [0.1, 0.15) is 5.41 Å². The van der Waals surface area contributed by atoms with E-state index in [1.54, 1.807) is 0 Å². The van der Waals surface area contributed by atoms with Crippen LogP contribution in [-0.2, 0) is 9.53 Å². The van der Waals surface area contributed by atoms with Gasteiger partial charge in [0.25, 0.3) is 0 Å². The van der Waals surface area contributed by atoms with Crippen LogP contribution in [0.1, 0.15) is 32.1 Å². The minimum absolute atomic E-state index is 0.0825. The fourth-order valence-corrected chi connectivity index (χ4v) is 3.11. The molecule has 0 radical (unpaired) electrons. The van der Waals surface area contributed by atoms with Crippen molar-refractivity contribution in [1.29, 1.82) is 5.26 Å². The van der Waals surface area contributed by atoms with Crippen molar-refractivity contribution in [2.24, 2.45) is 5.41 Å². The number of nitriles is 1. The Morgan fingerprint density at radius 1 is 1.32 bits per heavy atom. The molecule has 2 saturated heterocycles. The van der Waals surface area contributed by atoms with Gasteiger partial charge < -0.3 is 10.1 Å². The Morgan fingerprint density at radius 3 is 2.68 bits per heavy atom. The standard InChI is InChI=1S/C14H21N3O2/c15-10-14(4-7-19-8-5-14)13(18)16-11-3-6-17(9-11)12-1-2-12/h11-12H,1-9H2,(H,16,18). The van der Waals surface area contributed by atoms with E-state index in [2.05, 4.69) is 16.3 Å². The topological polar surface area (TPSA) is 65.4 Å². The first kappa shape index (κ1) is 12.9. The third-order valence-electron chi connectivity index (χ3n) is 4.61. The SMILES string of the molecule is N#CC1(C(=O)NC2CCN(C3CC3)C2)CCOCC1. The van der Waals surface area contributed by atoms with E-state index in [9.17, 15) is 10.1 Å². The molecule has 1 amide bonds. The quantitative estimate of drug-likeness (QED) is 0.812. The molecule has 0 spiro atoms. The number of amides is 1. The molecule has 0 bridgehead atoms. The van der Waals surface area contributed by atoms with Crippen molar-refractivity contribution in [2.45, 2.75) is 44.2 Å². The van der Waals surface area contributed by atoms with Crippen LogP contribution >= 0.6 is 0 Å². The smallest absolute Gasteiger partial charge is 0.240 e. The Labute approximate surface area is 113 Å². The molecule has 0 aromatic heterocycles. The third-order valence-corrected chi connectivity index (χ3v) is 4.61. The van der Waals surface area contributed by atoms with Crippen molar-refractivity contribution in [3.63, 3.8) is 0 Å². The second-order valence-corrected chi connectivity index (χ2v) is 5.99. The molecule has 2 heterocycles. The summed E-state index contributed by atoms with van der Waals surface area (Å²) in [4.78, 5) is 14.9. The van der Waals surface area contributed by atoms with Gasteiger partial charge in [-0.15, -0.1) is 0 Å². The van der Waals surface area contributed by atoms with Gasteiger partial charge >= 0.3 is 0 Å². The summed E-state index contributed by atoms with van der Waals surface area (Å²) in [7, 11) is 0. The minimum atomic E-state index is -0.856. The molecule has 1 aliphatic carbocycles. The van der Waals surface area contributed by atoms with Gasteiger partial charge in [0.2, 0.25) is 5.91 Å². The largest absolute Gasteiger partial charge is 0.381 e. The Hall–Kier alpha value is -1.12. The molecular formula is C14H21N3O2. The van der Waals surface area contributed by atoms with E-state index in [-0.39, 0.29) is 11.9 Å². The minimum Gasteiger partial charge on any atom is -0.381 e. The van der Waals surface area contributed by atoms with Crippen molar-refractivity contribution in [3.8, 4) is 6.07 Å². The number of nitrogens with zero attached hydrogens (tertiary/aromatic N) is 2. The van der Waals surface area contributed by atoms with Gasteiger partial charge in [0.15, 0.2) is 0 Å². The molecule has 1 saturated carbocycles. The number of carbonyl (C=O) groups is 1. The van der Waals surface area contributed by atoms with E-state index < -0.39 is 5.41 Å². The first-order chi connectivity index (χ1) is 9.23. The first-order valence-corrected chi connectivity index (χ1v) is 7.27. The molecule has 1 atom stereocenters. The summed E-state index contributed by atoms with van der Waals surface area (Å²) in [6.07, 6.45) is 4.67. The van der Waals surface area contributed by atoms with Crippen molar-refractivity contribution in [2.75, 3.05) is 26.3 Å². The average Bonchev–Trinajstić information content (AvgIpc) is 3.20. The van der Waals surface area contributed by atoms with E-state index in [1.165, 1.54) is 12.8 Å². The Morgan fingerprint density at radius 2 is 2.05 bits per heavy atom. The molecular weight excluding hydrogens is 242 g/mol. The fraction of sp³-hybridized carbons (Fsp3) is 0.857. The number of hydrogen-bond acceptors (Lipinski definition) is 4. The van der Waals surface area contributed by atoms with Crippen LogP contribution in [0, 0.1) is 16.7 Å². The van der Waals surface area contributed by atoms with Gasteiger partial charge in [0, 0.05) is 38.4 Å². The van der Waals surface area contributed by atoms with Gasteiger partial charge in [-0.05, 0) is 32.1 Å². The summed E-state index contributed by atoms with van der Waals surface area (Å²) in [5.74, 6) is -0.0825. The molecule has 1 unspecified atom stereocenters. The zero-order chi connectivity index (χ0) is 13.3. The summed E-state index contributed by atoms with van der Waals surface area (Å²) in [5, 5.41) is 12.5. The second kappa shape index (κ2) is 5.10. The normalized spacial score (nSPS) is 30.8. The Balaban J connectivity index is 1.56. The summed E-state index contributed by atoms with van der Waals surface area (Å²) >= 11 is 0. The second-order valence-electron chi connectivity index (χ2n) is 5.99. The van der Waals surface area contributed by atoms with Crippen molar-refractivity contribution in [1.82, 2.24) is 10.2 Å². The van der Waals surface area contributed by atoms with Crippen molar-refractivity contribution in [3.05, 3.63) is 0 Å². The summed E-state index contributed by atoms with van der Waals surface area (Å²) in [6.45, 7) is 3.06. The molecule has 19 heavy (non-hydrogen) atoms. The molecule has 104 valence electrons. The van der Waals surface area contributed by atoms with Gasteiger partial charge in [-0.2, -0.15) is 5.26 Å². The van der Waals surface area contributed by atoms with E-state index in [0.29, 0.717) is 26.1 Å². The highest BCUT2D eigenvalue weighted by Crippen LogP contribution is 2.32. The van der Waals surface area contributed by atoms with Crippen LogP contribution in [0.5, 0.6) is 0 Å². The zero-order valence-corrected chi connectivity index (χ0v) is 11.2. The lowest BCUT2D eigenvalue weighted by Crippen LogP contribution is -2.48. The summed E-state index contributed by atoms with van der Waals surface area (Å²) in [5.41, 5.74) is -0.856. The van der Waals surface area contributed by atoms with Gasteiger partial charge in [-0.25, -0.2) is 0 Å². The lowest BCUT2D eigenvalue weighted by molar-refractivity contribution is -0.133. The number of likely N-dealkylation sites (tertiary alicyclic amines) is 1. The van der Waals surface area contributed by atoms with E-state index >= 15 is 0 Å². The van der Waals surface area contributed by atoms with Crippen LogP contribution in [0.15, 0.2) is 0 Å². The van der Waals surface area contributed by atoms with Gasteiger partial charge in [0.05, 0.1) is 6.07 Å². The van der Waals surface area contributed by atoms with E-state index in [4.69, 9.17) is 4.74 Å². The lowest BCUT2D eigenvalue weighted by atomic mass is 9.80. The maximum atomic E-state index is 12.4. The fourth-order valence-electron chi connectivity index (χ4n) is 3.11. The highest BCUT2D eigenvalue weighted by molar-refractivity contribution is 5.85. The number of nitrogens with one attached hydrogen (secondary N) is 1. The maximum Gasteiger partial charge on any atom is 0.240 e. The Kier molecular flexibility index (Phi) is 3.46. The molecule has 5 nitrogen and oxygen atoms in total. The summed E-state index contributed by atoms with van der Waals surface area (Å²) < 4.78 is 5.26. The van der Waals surface area contributed by atoms with Crippen LogP contribution in [0.4, 0.5) is 0 Å². The highest BCUT2D eigenvalue weighted by atomic mass is 16.5. The lowest BCUT2D eigenvalue weighted by Gasteiger charge is -2.30. The van der Waals surface area contributed by atoms with Crippen LogP contribution in [0.3, 0.4) is 0 Å². The molecule has 3 aliphatic rings. The van der Waals surface area contributed by atoms with Crippen LogP contribution in [0.25, 0.3) is 0 Å². The molecule has 0 aromatic carbocycles. The predicted octanol–water partition coefficient (Wildman–Crippen LogP) is 0.660. The van der Waals surface area contributed by atoms with Crippen LogP contribution in [-0.4, -0.2) is 49.2 Å². The van der Waals surface area contributed by atoms with Crippen molar-refractivity contribution < 1.29 is 9.53 Å². The molecule has 3 fully saturated rings. The number of rotatable bonds is 3. The monoisotopic (exact) mass is 263 g/mol. The zero-order valence-electron chi connectivity index (χ0n) is 11.2. The average molecular weight is 263 g/mol. The van der Waals surface area contributed by atoms with Crippen molar-refractivity contribution >= 4 is 5.91 Å². The number of carbonyl (C=O) groups excluding carboxylic acids is 1. The number of ether oxygens (including phenoxy) is 1. The predicted molar refractivity (Wildman–Crippen MR) is 69.2 cm³/mol. The molecule has 1 N–H and O–H groups in total. The Bertz CT molecular complexity index is 394.